The van der Waals surface area contributed by atoms with Crippen molar-refractivity contribution >= 4 is 22.3 Å². The summed E-state index contributed by atoms with van der Waals surface area (Å²) in [5.74, 6) is 0.600. The molecule has 1 fully saturated rings. The van der Waals surface area contributed by atoms with Crippen LogP contribution in [0.5, 0.6) is 0 Å². The highest BCUT2D eigenvalue weighted by Gasteiger charge is 2.36. The Morgan fingerprint density at radius 3 is 2.50 bits per heavy atom. The van der Waals surface area contributed by atoms with E-state index in [1.807, 2.05) is 0 Å². The number of fused-ring (bicyclic) bond motifs is 1. The quantitative estimate of drug-likeness (QED) is 0.719. The number of benzene rings is 1. The fraction of sp³-hybridized carbons (Fsp3) is 0.619. The van der Waals surface area contributed by atoms with Crippen LogP contribution in [0.2, 0.25) is 0 Å². The van der Waals surface area contributed by atoms with Gasteiger partial charge in [0.05, 0.1) is 10.9 Å². The highest BCUT2D eigenvalue weighted by Crippen LogP contribution is 2.32. The van der Waals surface area contributed by atoms with E-state index in [0.717, 1.165) is 12.8 Å². The molecular formula is C21H29F2N3O3S. The van der Waals surface area contributed by atoms with E-state index in [1.165, 1.54) is 4.57 Å². The van der Waals surface area contributed by atoms with E-state index in [2.05, 4.69) is 4.72 Å². The molecule has 1 aromatic heterocycles. The number of aryl methyl sites for hydroxylation is 1. The topological polar surface area (TPSA) is 79.2 Å². The lowest BCUT2D eigenvalue weighted by atomic mass is 9.97. The molecule has 3 rings (SSSR count). The lowest BCUT2D eigenvalue weighted by molar-refractivity contribution is 0.0828. The second-order valence-electron chi connectivity index (χ2n) is 8.78. The molecule has 1 aliphatic heterocycles. The van der Waals surface area contributed by atoms with Gasteiger partial charge in [0, 0.05) is 43.1 Å². The largest absolute Gasteiger partial charge is 0.598 e. The first-order chi connectivity index (χ1) is 14.0. The molecule has 30 heavy (non-hydrogen) atoms. The summed E-state index contributed by atoms with van der Waals surface area (Å²) in [5, 5.41) is 0.289. The van der Waals surface area contributed by atoms with E-state index in [4.69, 9.17) is 9.72 Å². The number of halogens is 2. The van der Waals surface area contributed by atoms with Crippen LogP contribution < -0.4 is 10.3 Å². The van der Waals surface area contributed by atoms with Crippen LogP contribution in [0.1, 0.15) is 62.5 Å². The molecule has 9 heteroatoms. The molecule has 0 amide bonds. The zero-order valence-corrected chi connectivity index (χ0v) is 18.8. The van der Waals surface area contributed by atoms with Crippen molar-refractivity contribution in [1.29, 1.82) is 0 Å². The summed E-state index contributed by atoms with van der Waals surface area (Å²) in [6, 6.07) is 1.77. The fourth-order valence-corrected chi connectivity index (χ4v) is 4.48. The first-order valence-corrected chi connectivity index (χ1v) is 11.2. The molecule has 0 spiro atoms. The average molecular weight is 442 g/mol. The third kappa shape index (κ3) is 4.69. The van der Waals surface area contributed by atoms with Crippen molar-refractivity contribution in [2.24, 2.45) is 7.05 Å². The van der Waals surface area contributed by atoms with Crippen LogP contribution in [-0.4, -0.2) is 38.5 Å². The molecule has 2 aromatic rings. The highest BCUT2D eigenvalue weighted by molar-refractivity contribution is 7.90. The molecule has 2 atom stereocenters. The summed E-state index contributed by atoms with van der Waals surface area (Å²) in [4.78, 5) is 17.8. The molecule has 2 heterocycles. The third-order valence-electron chi connectivity index (χ3n) is 5.35. The first kappa shape index (κ1) is 23.1. The zero-order chi connectivity index (χ0) is 22.2. The van der Waals surface area contributed by atoms with Gasteiger partial charge < -0.3 is 9.29 Å². The normalized spacial score (nSPS) is 18.2. The predicted molar refractivity (Wildman–Crippen MR) is 114 cm³/mol. The second-order valence-corrected chi connectivity index (χ2v) is 10.8. The number of rotatable bonds is 5. The van der Waals surface area contributed by atoms with Crippen LogP contribution in [0.3, 0.4) is 0 Å². The average Bonchev–Trinajstić information content (AvgIpc) is 2.68. The van der Waals surface area contributed by atoms with Crippen LogP contribution in [0, 0.1) is 6.92 Å². The minimum atomic E-state index is -2.82. The van der Waals surface area contributed by atoms with Gasteiger partial charge in [-0.05, 0) is 52.2 Å². The standard InChI is InChI=1S/C21H29F2N3O3S/c1-12-10-14(17(18(22)23)25-30(28)21(2,3)4)16-15(11-12)20(27)26(5)19(24-16)13-6-8-29-9-7-13/h10-11,13,17-18,25H,6-9H2,1-5H3/t17-,30+/m0/s1. The van der Waals surface area contributed by atoms with Crippen molar-refractivity contribution in [3.8, 4) is 0 Å². The van der Waals surface area contributed by atoms with Gasteiger partial charge in [0.15, 0.2) is 0 Å². The van der Waals surface area contributed by atoms with Gasteiger partial charge in [-0.3, -0.25) is 9.36 Å². The summed E-state index contributed by atoms with van der Waals surface area (Å²) in [7, 11) is 1.67. The number of nitrogens with one attached hydrogen (secondary N) is 1. The van der Waals surface area contributed by atoms with Crippen molar-refractivity contribution in [3.63, 3.8) is 0 Å². The Morgan fingerprint density at radius 2 is 1.93 bits per heavy atom. The van der Waals surface area contributed by atoms with E-state index >= 15 is 0 Å². The van der Waals surface area contributed by atoms with Gasteiger partial charge >= 0.3 is 0 Å². The molecule has 166 valence electrons. The van der Waals surface area contributed by atoms with E-state index in [9.17, 15) is 18.1 Å². The van der Waals surface area contributed by atoms with Crippen molar-refractivity contribution in [2.45, 2.75) is 63.7 Å². The molecule has 0 bridgehead atoms. The molecule has 0 unspecified atom stereocenters. The molecule has 0 radical (unpaired) electrons. The summed E-state index contributed by atoms with van der Waals surface area (Å²) < 4.78 is 49.6. The van der Waals surface area contributed by atoms with E-state index < -0.39 is 28.6 Å². The van der Waals surface area contributed by atoms with Gasteiger partial charge in [-0.25, -0.2) is 13.8 Å². The van der Waals surface area contributed by atoms with E-state index in [-0.39, 0.29) is 27.9 Å². The summed E-state index contributed by atoms with van der Waals surface area (Å²) in [6.07, 6.45) is -1.38. The number of hydrogen-bond acceptors (Lipinski definition) is 5. The van der Waals surface area contributed by atoms with Crippen LogP contribution in [0.4, 0.5) is 8.78 Å². The number of hydrogen-bond donors (Lipinski definition) is 1. The Bertz CT molecular complexity index is 969. The number of alkyl halides is 2. The fourth-order valence-electron chi connectivity index (χ4n) is 3.67. The first-order valence-electron chi connectivity index (χ1n) is 10.1. The summed E-state index contributed by atoms with van der Waals surface area (Å²) in [6.45, 7) is 8.03. The molecule has 1 N–H and O–H groups in total. The van der Waals surface area contributed by atoms with Gasteiger partial charge in [0.2, 0.25) is 0 Å². The molecule has 1 saturated heterocycles. The van der Waals surface area contributed by atoms with Gasteiger partial charge in [0.25, 0.3) is 12.0 Å². The predicted octanol–water partition coefficient (Wildman–Crippen LogP) is 3.49. The monoisotopic (exact) mass is 441 g/mol. The summed E-state index contributed by atoms with van der Waals surface area (Å²) >= 11 is -1.72. The van der Waals surface area contributed by atoms with Gasteiger partial charge in [-0.2, -0.15) is 0 Å². The third-order valence-corrected chi connectivity index (χ3v) is 6.93. The molecule has 0 saturated carbocycles. The Balaban J connectivity index is 2.19. The Kier molecular flexibility index (Phi) is 6.86. The SMILES string of the molecule is Cc1cc([C@H](N[S@+]([O-])C(C)(C)C)C(F)F)c2nc(C3CCOCC3)n(C)c(=O)c2c1. The number of aromatic nitrogens is 2. The maximum atomic E-state index is 14.1. The molecular weight excluding hydrogens is 412 g/mol. The number of nitrogens with zero attached hydrogens (tertiary/aromatic N) is 2. The minimum Gasteiger partial charge on any atom is -0.598 e. The van der Waals surface area contributed by atoms with Crippen molar-refractivity contribution in [1.82, 2.24) is 14.3 Å². The molecule has 1 aromatic carbocycles. The number of ether oxygens (including phenoxy) is 1. The van der Waals surface area contributed by atoms with Crippen molar-refractivity contribution in [2.75, 3.05) is 13.2 Å². The molecule has 6 nitrogen and oxygen atoms in total. The Labute approximate surface area is 178 Å². The van der Waals surface area contributed by atoms with E-state index in [0.29, 0.717) is 24.6 Å². The van der Waals surface area contributed by atoms with Crippen molar-refractivity contribution in [3.05, 3.63) is 39.4 Å². The van der Waals surface area contributed by atoms with Gasteiger partial charge in [-0.15, -0.1) is 4.72 Å². The Hall–Kier alpha value is -1.55. The second kappa shape index (κ2) is 8.90. The summed E-state index contributed by atoms with van der Waals surface area (Å²) in [5.41, 5.74) is 0.845. The van der Waals surface area contributed by atoms with Crippen molar-refractivity contribution < 1.29 is 18.1 Å². The van der Waals surface area contributed by atoms with Crippen LogP contribution in [0.15, 0.2) is 16.9 Å². The van der Waals surface area contributed by atoms with Gasteiger partial charge in [0.1, 0.15) is 16.6 Å². The molecule has 1 aliphatic rings. The van der Waals surface area contributed by atoms with Crippen LogP contribution in [0.25, 0.3) is 10.9 Å². The van der Waals surface area contributed by atoms with Crippen LogP contribution >= 0.6 is 0 Å². The van der Waals surface area contributed by atoms with Gasteiger partial charge in [-0.1, -0.05) is 6.07 Å². The minimum absolute atomic E-state index is 0.0247. The lowest BCUT2D eigenvalue weighted by Crippen LogP contribution is -2.43. The lowest BCUT2D eigenvalue weighted by Gasteiger charge is -2.28. The van der Waals surface area contributed by atoms with Crippen LogP contribution in [-0.2, 0) is 23.1 Å². The van der Waals surface area contributed by atoms with E-state index in [1.54, 1.807) is 46.9 Å². The zero-order valence-electron chi connectivity index (χ0n) is 18.0. The highest BCUT2D eigenvalue weighted by atomic mass is 32.2. The maximum absolute atomic E-state index is 14.1. The maximum Gasteiger partial charge on any atom is 0.262 e. The Morgan fingerprint density at radius 1 is 1.30 bits per heavy atom. The molecule has 0 aliphatic carbocycles. The smallest absolute Gasteiger partial charge is 0.262 e.